The maximum absolute atomic E-state index is 13.8. The number of ketones is 2. The largest absolute Gasteiger partial charge is 0.309 e. The minimum absolute atomic E-state index is 0.0366. The molecule has 1 aliphatic carbocycles. The number of nitrogens with one attached hydrogen (secondary N) is 1. The summed E-state index contributed by atoms with van der Waals surface area (Å²) in [5.74, 6) is -1.21. The van der Waals surface area contributed by atoms with Crippen LogP contribution in [0.25, 0.3) is 0 Å². The molecule has 0 unspecified atom stereocenters. The molecule has 1 aromatic heterocycles. The number of Topliss-reactive ketones (excluding diaryl/α,β-unsaturated/α-hetero) is 2. The molecule has 152 valence electrons. The second-order valence-electron chi connectivity index (χ2n) is 7.91. The van der Waals surface area contributed by atoms with Crippen molar-refractivity contribution in [3.63, 3.8) is 0 Å². The third kappa shape index (κ3) is 3.26. The zero-order valence-corrected chi connectivity index (χ0v) is 17.0. The summed E-state index contributed by atoms with van der Waals surface area (Å²) in [5, 5.41) is 8.30. The zero-order valence-electron chi connectivity index (χ0n) is 16.2. The lowest BCUT2D eigenvalue weighted by Gasteiger charge is -2.39. The van der Waals surface area contributed by atoms with Crippen LogP contribution in [-0.4, -0.2) is 32.9 Å². The number of rotatable bonds is 3. The molecule has 2 heterocycles. The van der Waals surface area contributed by atoms with Crippen LogP contribution in [0.3, 0.4) is 0 Å². The molecule has 1 saturated carbocycles. The fourth-order valence-electron chi connectivity index (χ4n) is 4.87. The van der Waals surface area contributed by atoms with Gasteiger partial charge in [-0.3, -0.25) is 9.59 Å². The lowest BCUT2D eigenvalue weighted by molar-refractivity contribution is -0.141. The van der Waals surface area contributed by atoms with Gasteiger partial charge in [0.15, 0.2) is 5.78 Å². The number of carbonyl (C=O) groups is 2. The van der Waals surface area contributed by atoms with E-state index in [0.29, 0.717) is 5.02 Å². The van der Waals surface area contributed by atoms with Gasteiger partial charge in [0.2, 0.25) is 0 Å². The van der Waals surface area contributed by atoms with Crippen molar-refractivity contribution in [3.05, 3.63) is 82.9 Å². The Morgan fingerprint density at radius 3 is 2.63 bits per heavy atom. The minimum atomic E-state index is -0.746. The zero-order chi connectivity index (χ0) is 20.7. The smallest absolute Gasteiger partial charge is 0.170 e. The van der Waals surface area contributed by atoms with Gasteiger partial charge in [-0.2, -0.15) is 5.10 Å². The first-order valence-corrected chi connectivity index (χ1v) is 10.5. The highest BCUT2D eigenvalue weighted by atomic mass is 35.5. The number of fused-ring (bicyclic) bond motifs is 1. The number of hydrogen-bond donors (Lipinski definition) is 1. The Morgan fingerprint density at radius 1 is 1.07 bits per heavy atom. The predicted molar refractivity (Wildman–Crippen MR) is 112 cm³/mol. The van der Waals surface area contributed by atoms with Gasteiger partial charge in [0.25, 0.3) is 0 Å². The van der Waals surface area contributed by atoms with Crippen LogP contribution in [0.15, 0.2) is 61.2 Å². The summed E-state index contributed by atoms with van der Waals surface area (Å²) < 4.78 is 1.59. The van der Waals surface area contributed by atoms with Gasteiger partial charge < -0.3 is 5.32 Å². The Hall–Kier alpha value is -2.83. The molecule has 6 nitrogen and oxygen atoms in total. The Bertz CT molecular complexity index is 1080. The normalized spacial score (nSPS) is 26.4. The van der Waals surface area contributed by atoms with E-state index in [4.69, 9.17) is 11.6 Å². The summed E-state index contributed by atoms with van der Waals surface area (Å²) in [5.41, 5.74) is 3.13. The van der Waals surface area contributed by atoms with Crippen molar-refractivity contribution in [2.75, 3.05) is 6.54 Å². The van der Waals surface area contributed by atoms with Crippen LogP contribution in [-0.2, 0) is 16.0 Å². The number of carbonyl (C=O) groups excluding carboxylic acids is 2. The van der Waals surface area contributed by atoms with Gasteiger partial charge in [0, 0.05) is 23.4 Å². The van der Waals surface area contributed by atoms with Crippen molar-refractivity contribution in [2.24, 2.45) is 5.92 Å². The first-order valence-electron chi connectivity index (χ1n) is 10.1. The van der Waals surface area contributed by atoms with Crippen LogP contribution < -0.4 is 5.32 Å². The Kier molecular flexibility index (Phi) is 4.97. The van der Waals surface area contributed by atoms with Crippen molar-refractivity contribution in [1.29, 1.82) is 0 Å². The summed E-state index contributed by atoms with van der Waals surface area (Å²) in [6.07, 6.45) is 4.14. The highest BCUT2D eigenvalue weighted by Gasteiger charge is 2.49. The molecule has 1 aliphatic heterocycles. The summed E-state index contributed by atoms with van der Waals surface area (Å²) in [6.45, 7) is 0.743. The van der Waals surface area contributed by atoms with E-state index in [0.717, 1.165) is 24.1 Å². The number of hydrogen-bond acceptors (Lipinski definition) is 5. The molecule has 0 radical (unpaired) electrons. The highest BCUT2D eigenvalue weighted by molar-refractivity contribution is 6.30. The average molecular weight is 421 g/mol. The molecular formula is C23H21ClN4O2. The Morgan fingerprint density at radius 2 is 1.87 bits per heavy atom. The highest BCUT2D eigenvalue weighted by Crippen LogP contribution is 2.44. The van der Waals surface area contributed by atoms with Gasteiger partial charge in [-0.1, -0.05) is 48.0 Å². The molecule has 7 heteroatoms. The Balaban J connectivity index is 1.56. The number of aromatic nitrogens is 3. The molecule has 4 atom stereocenters. The molecule has 0 amide bonds. The van der Waals surface area contributed by atoms with E-state index in [2.05, 4.69) is 21.5 Å². The summed E-state index contributed by atoms with van der Waals surface area (Å²) >= 11 is 6.05. The van der Waals surface area contributed by atoms with Gasteiger partial charge in [-0.25, -0.2) is 9.67 Å². The number of nitrogens with zero attached hydrogens (tertiary/aromatic N) is 3. The molecule has 5 rings (SSSR count). The van der Waals surface area contributed by atoms with Crippen molar-refractivity contribution < 1.29 is 9.59 Å². The second-order valence-corrected chi connectivity index (χ2v) is 8.35. The van der Waals surface area contributed by atoms with Crippen LogP contribution in [0.4, 0.5) is 0 Å². The summed E-state index contributed by atoms with van der Waals surface area (Å²) in [4.78, 5) is 31.2. The third-order valence-electron chi connectivity index (χ3n) is 6.25. The molecule has 1 fully saturated rings. The van der Waals surface area contributed by atoms with Gasteiger partial charge in [-0.05, 0) is 41.8 Å². The van der Waals surface area contributed by atoms with E-state index < -0.39 is 12.0 Å². The van der Waals surface area contributed by atoms with E-state index in [1.165, 1.54) is 11.9 Å². The molecule has 0 bridgehead atoms. The molecule has 2 aromatic carbocycles. The molecule has 0 spiro atoms. The van der Waals surface area contributed by atoms with E-state index in [1.807, 2.05) is 30.3 Å². The van der Waals surface area contributed by atoms with E-state index in [-0.39, 0.29) is 29.9 Å². The summed E-state index contributed by atoms with van der Waals surface area (Å²) in [6, 6.07) is 14.5. The lowest BCUT2D eigenvalue weighted by atomic mass is 9.69. The maximum Gasteiger partial charge on any atom is 0.170 e. The van der Waals surface area contributed by atoms with Crippen LogP contribution in [0.1, 0.15) is 41.1 Å². The molecule has 3 aromatic rings. The molecule has 1 N–H and O–H groups in total. The fraction of sp³-hybridized carbons (Fsp3) is 0.304. The van der Waals surface area contributed by atoms with Crippen LogP contribution in [0.2, 0.25) is 5.02 Å². The third-order valence-corrected chi connectivity index (χ3v) is 6.50. The monoisotopic (exact) mass is 420 g/mol. The van der Waals surface area contributed by atoms with Gasteiger partial charge in [0.05, 0.1) is 5.92 Å². The quantitative estimate of drug-likeness (QED) is 0.658. The molecule has 30 heavy (non-hydrogen) atoms. The van der Waals surface area contributed by atoms with Crippen molar-refractivity contribution in [2.45, 2.75) is 30.8 Å². The van der Waals surface area contributed by atoms with Crippen LogP contribution in [0, 0.1) is 5.92 Å². The first-order chi connectivity index (χ1) is 14.6. The van der Waals surface area contributed by atoms with Gasteiger partial charge in [0.1, 0.15) is 24.5 Å². The van der Waals surface area contributed by atoms with Crippen molar-refractivity contribution in [3.8, 4) is 0 Å². The molecular weight excluding hydrogens is 400 g/mol. The predicted octanol–water partition coefficient (Wildman–Crippen LogP) is 3.30. The maximum atomic E-state index is 13.8. The SMILES string of the molecule is O=C1C[C@H](c2ccc(Cl)cc2)[C@H](n2cncn2)C(=O)[C@H]1[C@H]1NCCc2ccccc21. The average Bonchev–Trinajstić information content (AvgIpc) is 3.28. The fourth-order valence-corrected chi connectivity index (χ4v) is 4.99. The number of halogens is 1. The molecule has 2 aliphatic rings. The summed E-state index contributed by atoms with van der Waals surface area (Å²) in [7, 11) is 0. The van der Waals surface area contributed by atoms with Gasteiger partial charge >= 0.3 is 0 Å². The van der Waals surface area contributed by atoms with Crippen molar-refractivity contribution >= 4 is 23.2 Å². The van der Waals surface area contributed by atoms with E-state index >= 15 is 0 Å². The second kappa shape index (κ2) is 7.78. The topological polar surface area (TPSA) is 76.9 Å². The Labute approximate surface area is 179 Å². The first kappa shape index (κ1) is 19.2. The van der Waals surface area contributed by atoms with Crippen LogP contribution >= 0.6 is 11.6 Å². The van der Waals surface area contributed by atoms with Crippen molar-refractivity contribution in [1.82, 2.24) is 20.1 Å². The standard InChI is InChI=1S/C23H21ClN4O2/c24-16-7-5-15(6-8-16)18-11-19(29)20(23(30)22(18)28-13-25-12-27-28)21-17-4-2-1-3-14(17)9-10-26-21/h1-8,12-13,18,20-22,26H,9-11H2/t18-,20-,21+,22+/m1/s1. The van der Waals surface area contributed by atoms with Gasteiger partial charge in [-0.15, -0.1) is 0 Å². The molecule has 0 saturated heterocycles. The minimum Gasteiger partial charge on any atom is -0.309 e. The lowest BCUT2D eigenvalue weighted by Crippen LogP contribution is -2.48. The number of benzene rings is 2. The van der Waals surface area contributed by atoms with E-state index in [1.54, 1.807) is 23.1 Å². The van der Waals surface area contributed by atoms with E-state index in [9.17, 15) is 9.59 Å². The van der Waals surface area contributed by atoms with Crippen LogP contribution in [0.5, 0.6) is 0 Å².